The average molecular weight is 519 g/mol. The summed E-state index contributed by atoms with van der Waals surface area (Å²) in [6.45, 7) is -1.15. The second-order valence-corrected chi connectivity index (χ2v) is 8.22. The minimum atomic E-state index is -2.02. The Morgan fingerprint density at radius 2 is 1.46 bits per heavy atom. The highest BCUT2D eigenvalue weighted by Crippen LogP contribution is 2.23. The summed E-state index contributed by atoms with van der Waals surface area (Å²) in [4.78, 5) is 50.3. The van der Waals surface area contributed by atoms with Gasteiger partial charge in [0.25, 0.3) is 11.8 Å². The summed E-state index contributed by atoms with van der Waals surface area (Å²) in [6, 6.07) is 3.20. The molecule has 1 aliphatic heterocycles. The maximum Gasteiger partial charge on any atom is 0.488 e. The number of hydrogen-bond donors (Lipinski definition) is 7. The number of amides is 3. The first-order valence-electron chi connectivity index (χ1n) is 10.8. The van der Waals surface area contributed by atoms with Gasteiger partial charge in [0.15, 0.2) is 0 Å². The zero-order valence-electron chi connectivity index (χ0n) is 19.0. The fourth-order valence-electron chi connectivity index (χ4n) is 3.86. The number of nitrogens with one attached hydrogen (secondary N) is 2. The van der Waals surface area contributed by atoms with Crippen LogP contribution in [-0.4, -0.2) is 93.2 Å². The van der Waals surface area contributed by atoms with Crippen LogP contribution in [0.15, 0.2) is 36.4 Å². The fourth-order valence-corrected chi connectivity index (χ4v) is 3.86. The number of carboxylic acids is 1. The van der Waals surface area contributed by atoms with Gasteiger partial charge in [-0.05, 0) is 41.6 Å². The van der Waals surface area contributed by atoms with Gasteiger partial charge in [-0.25, -0.2) is 8.78 Å². The van der Waals surface area contributed by atoms with E-state index in [0.717, 1.165) is 41.3 Å². The van der Waals surface area contributed by atoms with Crippen LogP contribution in [0.2, 0.25) is 0 Å². The van der Waals surface area contributed by atoms with E-state index in [0.29, 0.717) is 0 Å². The lowest BCUT2D eigenvalue weighted by Crippen LogP contribution is -2.47. The van der Waals surface area contributed by atoms with Crippen LogP contribution in [-0.2, 0) is 9.59 Å². The van der Waals surface area contributed by atoms with Crippen molar-refractivity contribution in [2.75, 3.05) is 13.1 Å². The quantitative estimate of drug-likeness (QED) is 0.174. The van der Waals surface area contributed by atoms with Gasteiger partial charge in [0.1, 0.15) is 24.2 Å². The third-order valence-corrected chi connectivity index (χ3v) is 5.67. The Balaban J connectivity index is 1.88. The topological polar surface area (TPSA) is 197 Å². The van der Waals surface area contributed by atoms with Crippen LogP contribution in [0.5, 0.6) is 0 Å². The number of carbonyl (C=O) groups is 4. The molecule has 0 aliphatic carbocycles. The molecule has 7 N–H and O–H groups in total. The summed E-state index contributed by atoms with van der Waals surface area (Å²) in [5, 5.41) is 50.6. The summed E-state index contributed by atoms with van der Waals surface area (Å²) in [5.41, 5.74) is -1.52. The standard InChI is InChI=1S/C21H21B2F2N3O9/c24-15-3-1-10(22(34)35)5-13(15)19(31)27-12-7-17(20(32)26-8-18(29)30)28(9-12)21(33)14-6-11(23(36)37)2-4-16(14)25/h1-6,12,17,34-37H,7-9H2,(H,26,32)(H,27,31)(H,29,30). The molecule has 2 unspecified atom stereocenters. The minimum Gasteiger partial charge on any atom is -0.480 e. The van der Waals surface area contributed by atoms with Crippen LogP contribution < -0.4 is 21.6 Å². The van der Waals surface area contributed by atoms with Crippen molar-refractivity contribution in [2.45, 2.75) is 18.5 Å². The maximum atomic E-state index is 14.5. The Bertz CT molecular complexity index is 1230. The van der Waals surface area contributed by atoms with E-state index < -0.39 is 79.3 Å². The lowest BCUT2D eigenvalue weighted by Gasteiger charge is -2.24. The molecule has 1 saturated heterocycles. The van der Waals surface area contributed by atoms with Crippen LogP contribution in [0.1, 0.15) is 27.1 Å². The number of nitrogens with zero attached hydrogens (tertiary/aromatic N) is 1. The molecule has 1 aliphatic rings. The fraction of sp³-hybridized carbons (Fsp3) is 0.238. The van der Waals surface area contributed by atoms with Crippen molar-refractivity contribution in [3.8, 4) is 0 Å². The molecule has 3 rings (SSSR count). The number of hydrogen-bond acceptors (Lipinski definition) is 8. The van der Waals surface area contributed by atoms with Crippen molar-refractivity contribution in [2.24, 2.45) is 0 Å². The minimum absolute atomic E-state index is 0.165. The van der Waals surface area contributed by atoms with Crippen molar-refractivity contribution in [1.29, 1.82) is 0 Å². The van der Waals surface area contributed by atoms with E-state index >= 15 is 0 Å². The molecule has 1 heterocycles. The number of carbonyl (C=O) groups excluding carboxylic acids is 3. The summed E-state index contributed by atoms with van der Waals surface area (Å²) >= 11 is 0. The zero-order valence-corrected chi connectivity index (χ0v) is 19.0. The molecule has 194 valence electrons. The van der Waals surface area contributed by atoms with Gasteiger partial charge in [-0.15, -0.1) is 0 Å². The molecule has 0 saturated carbocycles. The van der Waals surface area contributed by atoms with E-state index in [-0.39, 0.29) is 23.9 Å². The Morgan fingerprint density at radius 3 is 2.00 bits per heavy atom. The summed E-state index contributed by atoms with van der Waals surface area (Å²) in [6.07, 6.45) is -0.253. The maximum absolute atomic E-state index is 14.5. The van der Waals surface area contributed by atoms with Gasteiger partial charge >= 0.3 is 20.2 Å². The van der Waals surface area contributed by atoms with Crippen LogP contribution in [0.25, 0.3) is 0 Å². The highest BCUT2D eigenvalue weighted by molar-refractivity contribution is 6.59. The van der Waals surface area contributed by atoms with Gasteiger partial charge in [0, 0.05) is 12.6 Å². The van der Waals surface area contributed by atoms with Crippen LogP contribution in [0.4, 0.5) is 8.78 Å². The van der Waals surface area contributed by atoms with Crippen molar-refractivity contribution >= 4 is 48.9 Å². The molecule has 0 bridgehead atoms. The first-order chi connectivity index (χ1) is 17.4. The number of halogens is 2. The number of likely N-dealkylation sites (tertiary alicyclic amines) is 1. The van der Waals surface area contributed by atoms with Crippen molar-refractivity contribution < 1.29 is 53.2 Å². The average Bonchev–Trinajstić information content (AvgIpc) is 3.26. The van der Waals surface area contributed by atoms with Gasteiger partial charge in [0.2, 0.25) is 5.91 Å². The van der Waals surface area contributed by atoms with E-state index in [9.17, 15) is 48.1 Å². The smallest absolute Gasteiger partial charge is 0.480 e. The predicted octanol–water partition coefficient (Wildman–Crippen LogP) is -3.46. The molecule has 0 spiro atoms. The first-order valence-corrected chi connectivity index (χ1v) is 10.8. The normalized spacial score (nSPS) is 16.8. The van der Waals surface area contributed by atoms with Crippen molar-refractivity contribution in [1.82, 2.24) is 15.5 Å². The van der Waals surface area contributed by atoms with Crippen LogP contribution in [0, 0.1) is 11.6 Å². The molecule has 0 aromatic heterocycles. The van der Waals surface area contributed by atoms with Crippen LogP contribution in [0.3, 0.4) is 0 Å². The molecule has 37 heavy (non-hydrogen) atoms. The Labute approximate surface area is 208 Å². The van der Waals surface area contributed by atoms with Gasteiger partial charge in [0.05, 0.1) is 11.1 Å². The Hall–Kier alpha value is -3.85. The Morgan fingerprint density at radius 1 is 0.919 bits per heavy atom. The van der Waals surface area contributed by atoms with Crippen LogP contribution >= 0.6 is 0 Å². The van der Waals surface area contributed by atoms with E-state index in [2.05, 4.69) is 10.6 Å². The summed E-state index contributed by atoms with van der Waals surface area (Å²) < 4.78 is 28.7. The summed E-state index contributed by atoms with van der Waals surface area (Å²) in [7, 11) is -3.99. The zero-order chi connectivity index (χ0) is 27.4. The largest absolute Gasteiger partial charge is 0.488 e. The highest BCUT2D eigenvalue weighted by atomic mass is 19.1. The molecule has 3 amide bonds. The highest BCUT2D eigenvalue weighted by Gasteiger charge is 2.41. The third-order valence-electron chi connectivity index (χ3n) is 5.67. The lowest BCUT2D eigenvalue weighted by molar-refractivity contribution is -0.138. The molecular formula is C21H21B2F2N3O9. The number of benzene rings is 2. The number of carboxylic acid groups (broad SMARTS) is 1. The van der Waals surface area contributed by atoms with E-state index in [4.69, 9.17) is 5.11 Å². The van der Waals surface area contributed by atoms with E-state index in [1.807, 2.05) is 0 Å². The molecule has 1 fully saturated rings. The van der Waals surface area contributed by atoms with E-state index in [1.54, 1.807) is 0 Å². The second-order valence-electron chi connectivity index (χ2n) is 8.22. The molecule has 2 aromatic carbocycles. The van der Waals surface area contributed by atoms with Crippen molar-refractivity contribution in [3.05, 3.63) is 59.2 Å². The van der Waals surface area contributed by atoms with Gasteiger partial charge in [-0.1, -0.05) is 12.1 Å². The second kappa shape index (κ2) is 11.5. The molecule has 12 nitrogen and oxygen atoms in total. The lowest BCUT2D eigenvalue weighted by atomic mass is 9.79. The third kappa shape index (κ3) is 6.48. The summed E-state index contributed by atoms with van der Waals surface area (Å²) in [5.74, 6) is -6.35. The van der Waals surface area contributed by atoms with Gasteiger partial charge < -0.3 is 40.7 Å². The monoisotopic (exact) mass is 519 g/mol. The predicted molar refractivity (Wildman–Crippen MR) is 124 cm³/mol. The van der Waals surface area contributed by atoms with Crippen molar-refractivity contribution in [3.63, 3.8) is 0 Å². The number of rotatable bonds is 8. The molecular weight excluding hydrogens is 498 g/mol. The first kappa shape index (κ1) is 27.7. The van der Waals surface area contributed by atoms with E-state index in [1.165, 1.54) is 0 Å². The molecule has 2 atom stereocenters. The Kier molecular flexibility index (Phi) is 8.60. The SMILES string of the molecule is O=C(O)CNC(=O)C1CC(NC(=O)c2cc(B(O)O)ccc2F)CN1C(=O)c1cc(B(O)O)ccc1F. The molecule has 0 radical (unpaired) electrons. The van der Waals surface area contributed by atoms with Gasteiger partial charge in [-0.3, -0.25) is 19.2 Å². The molecule has 2 aromatic rings. The van der Waals surface area contributed by atoms with Gasteiger partial charge in [-0.2, -0.15) is 0 Å². The molecule has 16 heteroatoms. The number of aliphatic carboxylic acids is 1.